The van der Waals surface area contributed by atoms with Gasteiger partial charge in [0.05, 0.1) is 6.61 Å². The molecule has 0 radical (unpaired) electrons. The standard InChI is InChI=1S/C9H20N2O/c1-11(2)7-6-10-9(8-12)4-3-5-9/h10,12H,3-8H2,1-2H3. The Labute approximate surface area is 74.8 Å². The van der Waals surface area contributed by atoms with E-state index in [0.717, 1.165) is 25.9 Å². The van der Waals surface area contributed by atoms with Crippen molar-refractivity contribution >= 4 is 0 Å². The maximum Gasteiger partial charge on any atom is 0.0613 e. The molecular weight excluding hydrogens is 152 g/mol. The van der Waals surface area contributed by atoms with Crippen LogP contribution in [0.15, 0.2) is 0 Å². The van der Waals surface area contributed by atoms with E-state index in [1.165, 1.54) is 6.42 Å². The molecule has 0 heterocycles. The Hall–Kier alpha value is -0.120. The minimum Gasteiger partial charge on any atom is -0.394 e. The molecule has 0 aromatic heterocycles. The maximum absolute atomic E-state index is 9.13. The number of hydrogen-bond acceptors (Lipinski definition) is 3. The highest BCUT2D eigenvalue weighted by molar-refractivity contribution is 4.95. The summed E-state index contributed by atoms with van der Waals surface area (Å²) < 4.78 is 0. The number of nitrogens with zero attached hydrogens (tertiary/aromatic N) is 1. The van der Waals surface area contributed by atoms with Crippen molar-refractivity contribution in [2.45, 2.75) is 24.8 Å². The fraction of sp³-hybridized carbons (Fsp3) is 1.00. The molecule has 0 bridgehead atoms. The summed E-state index contributed by atoms with van der Waals surface area (Å²) in [6, 6.07) is 0. The lowest BCUT2D eigenvalue weighted by Crippen LogP contribution is -2.55. The lowest BCUT2D eigenvalue weighted by Gasteiger charge is -2.41. The van der Waals surface area contributed by atoms with Crippen LogP contribution in [-0.4, -0.2) is 49.3 Å². The minimum atomic E-state index is 0.0794. The topological polar surface area (TPSA) is 35.5 Å². The first-order chi connectivity index (χ1) is 5.68. The monoisotopic (exact) mass is 172 g/mol. The first kappa shape index (κ1) is 9.96. The van der Waals surface area contributed by atoms with E-state index in [2.05, 4.69) is 24.3 Å². The fourth-order valence-corrected chi connectivity index (χ4v) is 1.54. The third-order valence-corrected chi connectivity index (χ3v) is 2.67. The summed E-state index contributed by atoms with van der Waals surface area (Å²) in [5.41, 5.74) is 0.0794. The SMILES string of the molecule is CN(C)CCNC1(CO)CCC1. The third kappa shape index (κ3) is 2.44. The number of likely N-dealkylation sites (N-methyl/N-ethyl adjacent to an activating group) is 1. The summed E-state index contributed by atoms with van der Waals surface area (Å²) >= 11 is 0. The number of nitrogens with one attached hydrogen (secondary N) is 1. The van der Waals surface area contributed by atoms with Gasteiger partial charge in [-0.05, 0) is 33.4 Å². The number of hydrogen-bond donors (Lipinski definition) is 2. The van der Waals surface area contributed by atoms with Crippen molar-refractivity contribution in [1.82, 2.24) is 10.2 Å². The zero-order valence-corrected chi connectivity index (χ0v) is 8.14. The van der Waals surface area contributed by atoms with Gasteiger partial charge in [-0.3, -0.25) is 0 Å². The molecule has 72 valence electrons. The van der Waals surface area contributed by atoms with Crippen LogP contribution in [0.4, 0.5) is 0 Å². The summed E-state index contributed by atoms with van der Waals surface area (Å²) in [6.45, 7) is 2.32. The van der Waals surface area contributed by atoms with Crippen LogP contribution >= 0.6 is 0 Å². The van der Waals surface area contributed by atoms with Crippen LogP contribution in [-0.2, 0) is 0 Å². The molecule has 0 atom stereocenters. The molecule has 0 spiro atoms. The third-order valence-electron chi connectivity index (χ3n) is 2.67. The summed E-state index contributed by atoms with van der Waals surface area (Å²) in [5.74, 6) is 0. The van der Waals surface area contributed by atoms with Gasteiger partial charge in [-0.1, -0.05) is 0 Å². The number of aliphatic hydroxyl groups is 1. The average Bonchev–Trinajstić information content (AvgIpc) is 1.94. The van der Waals surface area contributed by atoms with Crippen LogP contribution in [0.2, 0.25) is 0 Å². The molecule has 0 aromatic rings. The van der Waals surface area contributed by atoms with Crippen molar-refractivity contribution in [3.05, 3.63) is 0 Å². The molecular formula is C9H20N2O. The highest BCUT2D eigenvalue weighted by Gasteiger charge is 2.35. The Morgan fingerprint density at radius 2 is 2.08 bits per heavy atom. The van der Waals surface area contributed by atoms with Crippen LogP contribution in [0.3, 0.4) is 0 Å². The van der Waals surface area contributed by atoms with Crippen molar-refractivity contribution in [1.29, 1.82) is 0 Å². The molecule has 0 unspecified atom stereocenters. The van der Waals surface area contributed by atoms with Gasteiger partial charge >= 0.3 is 0 Å². The number of aliphatic hydroxyl groups excluding tert-OH is 1. The Bertz CT molecular complexity index is 127. The largest absolute Gasteiger partial charge is 0.394 e. The van der Waals surface area contributed by atoms with Gasteiger partial charge in [-0.25, -0.2) is 0 Å². The molecule has 0 aliphatic heterocycles. The molecule has 1 saturated carbocycles. The van der Waals surface area contributed by atoms with Crippen LogP contribution in [0, 0.1) is 0 Å². The van der Waals surface area contributed by atoms with Gasteiger partial charge in [0, 0.05) is 18.6 Å². The molecule has 1 aliphatic rings. The van der Waals surface area contributed by atoms with Crippen LogP contribution in [0.5, 0.6) is 0 Å². The molecule has 12 heavy (non-hydrogen) atoms. The zero-order chi connectivity index (χ0) is 9.03. The number of rotatable bonds is 5. The molecule has 3 nitrogen and oxygen atoms in total. The molecule has 0 aromatic carbocycles. The smallest absolute Gasteiger partial charge is 0.0613 e. The lowest BCUT2D eigenvalue weighted by molar-refractivity contribution is 0.0872. The minimum absolute atomic E-state index is 0.0794. The van der Waals surface area contributed by atoms with Gasteiger partial charge < -0.3 is 15.3 Å². The van der Waals surface area contributed by atoms with E-state index in [1.54, 1.807) is 0 Å². The average molecular weight is 172 g/mol. The lowest BCUT2D eigenvalue weighted by atomic mass is 9.77. The van der Waals surface area contributed by atoms with Crippen molar-refractivity contribution in [3.63, 3.8) is 0 Å². The van der Waals surface area contributed by atoms with Gasteiger partial charge in [-0.15, -0.1) is 0 Å². The highest BCUT2D eigenvalue weighted by atomic mass is 16.3. The Kier molecular flexibility index (Phi) is 3.50. The molecule has 0 saturated heterocycles. The molecule has 0 amide bonds. The van der Waals surface area contributed by atoms with Crippen molar-refractivity contribution < 1.29 is 5.11 Å². The summed E-state index contributed by atoms with van der Waals surface area (Å²) in [6.07, 6.45) is 3.53. The summed E-state index contributed by atoms with van der Waals surface area (Å²) in [7, 11) is 4.13. The maximum atomic E-state index is 9.13. The van der Waals surface area contributed by atoms with Crippen molar-refractivity contribution in [2.24, 2.45) is 0 Å². The first-order valence-electron chi connectivity index (χ1n) is 4.69. The van der Waals surface area contributed by atoms with Crippen molar-refractivity contribution in [2.75, 3.05) is 33.8 Å². The van der Waals surface area contributed by atoms with E-state index in [9.17, 15) is 0 Å². The van der Waals surface area contributed by atoms with E-state index in [0.29, 0.717) is 6.61 Å². The van der Waals surface area contributed by atoms with Crippen LogP contribution < -0.4 is 5.32 Å². The molecule has 1 aliphatic carbocycles. The predicted molar refractivity (Wildman–Crippen MR) is 50.2 cm³/mol. The normalized spacial score (nSPS) is 21.0. The first-order valence-corrected chi connectivity index (χ1v) is 4.69. The second-order valence-corrected chi connectivity index (χ2v) is 4.02. The summed E-state index contributed by atoms with van der Waals surface area (Å²) in [4.78, 5) is 2.15. The van der Waals surface area contributed by atoms with E-state index in [4.69, 9.17) is 5.11 Å². The zero-order valence-electron chi connectivity index (χ0n) is 8.14. The quantitative estimate of drug-likeness (QED) is 0.615. The van der Waals surface area contributed by atoms with Gasteiger partial charge in [-0.2, -0.15) is 0 Å². The van der Waals surface area contributed by atoms with Gasteiger partial charge in [0.2, 0.25) is 0 Å². The Morgan fingerprint density at radius 1 is 1.42 bits per heavy atom. The second-order valence-electron chi connectivity index (χ2n) is 4.02. The molecule has 2 N–H and O–H groups in total. The van der Waals surface area contributed by atoms with E-state index in [1.807, 2.05) is 0 Å². The van der Waals surface area contributed by atoms with E-state index >= 15 is 0 Å². The highest BCUT2D eigenvalue weighted by Crippen LogP contribution is 2.30. The molecule has 1 fully saturated rings. The Morgan fingerprint density at radius 3 is 2.42 bits per heavy atom. The molecule has 1 rings (SSSR count). The predicted octanol–water partition coefficient (Wildman–Crippen LogP) is 0.0526. The summed E-state index contributed by atoms with van der Waals surface area (Å²) in [5, 5.41) is 12.5. The molecule has 3 heteroatoms. The second kappa shape index (κ2) is 4.21. The van der Waals surface area contributed by atoms with Crippen molar-refractivity contribution in [3.8, 4) is 0 Å². The fourth-order valence-electron chi connectivity index (χ4n) is 1.54. The van der Waals surface area contributed by atoms with Crippen LogP contribution in [0.25, 0.3) is 0 Å². The van der Waals surface area contributed by atoms with E-state index in [-0.39, 0.29) is 5.54 Å². The van der Waals surface area contributed by atoms with Crippen LogP contribution in [0.1, 0.15) is 19.3 Å². The van der Waals surface area contributed by atoms with E-state index < -0.39 is 0 Å². The van der Waals surface area contributed by atoms with Gasteiger partial charge in [0.25, 0.3) is 0 Å². The van der Waals surface area contributed by atoms with Gasteiger partial charge in [0.15, 0.2) is 0 Å². The Balaban J connectivity index is 2.12. The van der Waals surface area contributed by atoms with Gasteiger partial charge in [0.1, 0.15) is 0 Å².